The van der Waals surface area contributed by atoms with Crippen molar-refractivity contribution in [3.63, 3.8) is 0 Å². The van der Waals surface area contributed by atoms with E-state index in [-0.39, 0.29) is 11.5 Å². The summed E-state index contributed by atoms with van der Waals surface area (Å²) >= 11 is 0. The highest BCUT2D eigenvalue weighted by Gasteiger charge is 2.39. The van der Waals surface area contributed by atoms with Crippen LogP contribution < -0.4 is 0 Å². The zero-order valence-corrected chi connectivity index (χ0v) is 11.3. The minimum Gasteiger partial charge on any atom is -0.393 e. The summed E-state index contributed by atoms with van der Waals surface area (Å²) in [5, 5.41) is 9.44. The Labute approximate surface area is 104 Å². The zero-order chi connectivity index (χ0) is 12.6. The fourth-order valence-electron chi connectivity index (χ4n) is 3.09. The van der Waals surface area contributed by atoms with Crippen molar-refractivity contribution in [3.05, 3.63) is 29.1 Å². The molecule has 0 aliphatic heterocycles. The van der Waals surface area contributed by atoms with Crippen LogP contribution in [0.3, 0.4) is 0 Å². The van der Waals surface area contributed by atoms with E-state index < -0.39 is 0 Å². The molecule has 0 bridgehead atoms. The Morgan fingerprint density at radius 3 is 2.82 bits per heavy atom. The monoisotopic (exact) mass is 233 g/mol. The molecule has 94 valence electrons. The maximum Gasteiger partial charge on any atom is 0.0512 e. The molecule has 0 aromatic carbocycles. The molecule has 1 N–H and O–H groups in total. The molecule has 1 aliphatic rings. The summed E-state index contributed by atoms with van der Waals surface area (Å²) in [7, 11) is 0. The van der Waals surface area contributed by atoms with E-state index in [1.807, 2.05) is 13.1 Å². The minimum absolute atomic E-state index is 0.186. The molecule has 0 radical (unpaired) electrons. The van der Waals surface area contributed by atoms with Crippen molar-refractivity contribution in [2.75, 3.05) is 0 Å². The molecule has 2 rings (SSSR count). The van der Waals surface area contributed by atoms with Gasteiger partial charge in [-0.1, -0.05) is 13.8 Å². The SMILES string of the molecule is Cc1nccc2c1CC(CCC(C)O)C2(C)C. The Morgan fingerprint density at radius 2 is 2.24 bits per heavy atom. The quantitative estimate of drug-likeness (QED) is 0.870. The van der Waals surface area contributed by atoms with E-state index in [2.05, 4.69) is 31.8 Å². The Balaban J connectivity index is 2.24. The molecule has 1 aliphatic carbocycles. The lowest BCUT2D eigenvalue weighted by Gasteiger charge is -2.28. The molecule has 0 amide bonds. The predicted octanol–water partition coefficient (Wildman–Crippen LogP) is 3.00. The van der Waals surface area contributed by atoms with Crippen molar-refractivity contribution in [1.29, 1.82) is 0 Å². The summed E-state index contributed by atoms with van der Waals surface area (Å²) in [6.45, 7) is 8.63. The highest BCUT2D eigenvalue weighted by molar-refractivity contribution is 5.41. The van der Waals surface area contributed by atoms with Crippen LogP contribution in [0, 0.1) is 12.8 Å². The van der Waals surface area contributed by atoms with Crippen LogP contribution in [0.15, 0.2) is 12.3 Å². The fraction of sp³-hybridized carbons (Fsp3) is 0.667. The zero-order valence-electron chi connectivity index (χ0n) is 11.3. The van der Waals surface area contributed by atoms with Crippen molar-refractivity contribution in [3.8, 4) is 0 Å². The normalized spacial score (nSPS) is 23.5. The van der Waals surface area contributed by atoms with Gasteiger partial charge in [-0.15, -0.1) is 0 Å². The van der Waals surface area contributed by atoms with Crippen molar-refractivity contribution in [2.24, 2.45) is 5.92 Å². The molecule has 2 unspecified atom stereocenters. The maximum absolute atomic E-state index is 9.44. The van der Waals surface area contributed by atoms with Crippen LogP contribution in [0.1, 0.15) is 50.4 Å². The van der Waals surface area contributed by atoms with Gasteiger partial charge >= 0.3 is 0 Å². The Kier molecular flexibility index (Phi) is 3.26. The predicted molar refractivity (Wildman–Crippen MR) is 70.1 cm³/mol. The van der Waals surface area contributed by atoms with E-state index in [1.54, 1.807) is 0 Å². The van der Waals surface area contributed by atoms with Gasteiger partial charge in [0.1, 0.15) is 0 Å². The maximum atomic E-state index is 9.44. The number of hydrogen-bond acceptors (Lipinski definition) is 2. The first-order valence-electron chi connectivity index (χ1n) is 6.56. The van der Waals surface area contributed by atoms with Crippen LogP contribution in [0.25, 0.3) is 0 Å². The molecular weight excluding hydrogens is 210 g/mol. The van der Waals surface area contributed by atoms with Gasteiger partial charge in [0.2, 0.25) is 0 Å². The van der Waals surface area contributed by atoms with E-state index in [9.17, 15) is 5.11 Å². The average molecular weight is 233 g/mol. The van der Waals surface area contributed by atoms with Crippen LogP contribution >= 0.6 is 0 Å². The summed E-state index contributed by atoms with van der Waals surface area (Å²) in [6.07, 6.45) is 4.85. The minimum atomic E-state index is -0.186. The topological polar surface area (TPSA) is 33.1 Å². The largest absolute Gasteiger partial charge is 0.393 e. The summed E-state index contributed by atoms with van der Waals surface area (Å²) in [5.74, 6) is 0.634. The van der Waals surface area contributed by atoms with Gasteiger partial charge in [-0.05, 0) is 61.6 Å². The summed E-state index contributed by atoms with van der Waals surface area (Å²) < 4.78 is 0. The van der Waals surface area contributed by atoms with Crippen molar-refractivity contribution in [1.82, 2.24) is 4.98 Å². The van der Waals surface area contributed by atoms with Gasteiger partial charge in [0.25, 0.3) is 0 Å². The third-order valence-electron chi connectivity index (χ3n) is 4.37. The molecule has 0 spiro atoms. The van der Waals surface area contributed by atoms with E-state index in [4.69, 9.17) is 0 Å². The van der Waals surface area contributed by atoms with E-state index >= 15 is 0 Å². The molecule has 2 nitrogen and oxygen atoms in total. The van der Waals surface area contributed by atoms with Crippen LogP contribution in [-0.4, -0.2) is 16.2 Å². The molecule has 0 saturated heterocycles. The molecule has 2 atom stereocenters. The number of aliphatic hydroxyl groups excluding tert-OH is 1. The van der Waals surface area contributed by atoms with Gasteiger partial charge in [0.15, 0.2) is 0 Å². The Hall–Kier alpha value is -0.890. The number of aromatic nitrogens is 1. The van der Waals surface area contributed by atoms with Crippen LogP contribution in [0.4, 0.5) is 0 Å². The van der Waals surface area contributed by atoms with Crippen molar-refractivity contribution < 1.29 is 5.11 Å². The molecule has 1 aromatic heterocycles. The number of rotatable bonds is 3. The van der Waals surface area contributed by atoms with E-state index in [0.29, 0.717) is 5.92 Å². The first kappa shape index (κ1) is 12.6. The lowest BCUT2D eigenvalue weighted by molar-refractivity contribution is 0.165. The summed E-state index contributed by atoms with van der Waals surface area (Å²) in [4.78, 5) is 4.40. The molecule has 17 heavy (non-hydrogen) atoms. The van der Waals surface area contributed by atoms with Gasteiger partial charge in [-0.25, -0.2) is 0 Å². The second-order valence-electron chi connectivity index (χ2n) is 5.97. The van der Waals surface area contributed by atoms with E-state index in [0.717, 1.165) is 19.3 Å². The lowest BCUT2D eigenvalue weighted by atomic mass is 9.76. The van der Waals surface area contributed by atoms with Gasteiger partial charge in [-0.2, -0.15) is 0 Å². The Bertz CT molecular complexity index is 409. The number of hydrogen-bond donors (Lipinski definition) is 1. The third-order valence-corrected chi connectivity index (χ3v) is 4.37. The van der Waals surface area contributed by atoms with E-state index in [1.165, 1.54) is 16.8 Å². The van der Waals surface area contributed by atoms with Crippen molar-refractivity contribution >= 4 is 0 Å². The van der Waals surface area contributed by atoms with Gasteiger partial charge in [-0.3, -0.25) is 4.98 Å². The molecule has 2 heteroatoms. The molecule has 1 aromatic rings. The Morgan fingerprint density at radius 1 is 1.53 bits per heavy atom. The number of aryl methyl sites for hydroxylation is 1. The number of fused-ring (bicyclic) bond motifs is 1. The first-order chi connectivity index (χ1) is 7.93. The highest BCUT2D eigenvalue weighted by Crippen LogP contribution is 2.45. The number of nitrogens with zero attached hydrogens (tertiary/aromatic N) is 1. The van der Waals surface area contributed by atoms with Gasteiger partial charge in [0, 0.05) is 11.9 Å². The van der Waals surface area contributed by atoms with Crippen LogP contribution in [-0.2, 0) is 11.8 Å². The fourth-order valence-corrected chi connectivity index (χ4v) is 3.09. The molecule has 0 saturated carbocycles. The van der Waals surface area contributed by atoms with Crippen molar-refractivity contribution in [2.45, 2.75) is 58.5 Å². The number of aliphatic hydroxyl groups is 1. The molecule has 0 fully saturated rings. The van der Waals surface area contributed by atoms with Gasteiger partial charge < -0.3 is 5.11 Å². The standard InChI is InChI=1S/C15H23NO/c1-10(17)5-6-12-9-13-11(2)16-8-7-14(13)15(12,3)4/h7-8,10,12,17H,5-6,9H2,1-4H3. The molecule has 1 heterocycles. The summed E-state index contributed by atoms with van der Waals surface area (Å²) in [5.41, 5.74) is 4.29. The second kappa shape index (κ2) is 4.41. The first-order valence-corrected chi connectivity index (χ1v) is 6.56. The van der Waals surface area contributed by atoms with Crippen LogP contribution in [0.5, 0.6) is 0 Å². The third kappa shape index (κ3) is 2.23. The smallest absolute Gasteiger partial charge is 0.0512 e. The summed E-state index contributed by atoms with van der Waals surface area (Å²) in [6, 6.07) is 2.17. The lowest BCUT2D eigenvalue weighted by Crippen LogP contribution is -2.25. The number of pyridine rings is 1. The molecular formula is C15H23NO. The van der Waals surface area contributed by atoms with Gasteiger partial charge in [0.05, 0.1) is 6.10 Å². The average Bonchev–Trinajstić information content (AvgIpc) is 2.50. The highest BCUT2D eigenvalue weighted by atomic mass is 16.3. The van der Waals surface area contributed by atoms with Crippen LogP contribution in [0.2, 0.25) is 0 Å². The second-order valence-corrected chi connectivity index (χ2v) is 5.97.